The Morgan fingerprint density at radius 1 is 1.38 bits per heavy atom. The van der Waals surface area contributed by atoms with Gasteiger partial charge < -0.3 is 10.4 Å². The summed E-state index contributed by atoms with van der Waals surface area (Å²) in [4.78, 5) is 0. The summed E-state index contributed by atoms with van der Waals surface area (Å²) in [6.45, 7) is 4.34. The zero-order chi connectivity index (χ0) is 11.5. The Kier molecular flexibility index (Phi) is 3.49. The SMILES string of the molecule is CCCC1Nc2c(CC)cccc2CC1O. The topological polar surface area (TPSA) is 32.3 Å². The van der Waals surface area contributed by atoms with Gasteiger partial charge in [0.05, 0.1) is 12.1 Å². The molecular weight excluding hydrogens is 198 g/mol. The first kappa shape index (κ1) is 11.5. The summed E-state index contributed by atoms with van der Waals surface area (Å²) >= 11 is 0. The van der Waals surface area contributed by atoms with Crippen LogP contribution in [-0.2, 0) is 12.8 Å². The lowest BCUT2D eigenvalue weighted by Crippen LogP contribution is -2.39. The van der Waals surface area contributed by atoms with Gasteiger partial charge in [0, 0.05) is 12.1 Å². The molecule has 0 radical (unpaired) electrons. The molecule has 1 aliphatic rings. The molecule has 2 rings (SSSR count). The second kappa shape index (κ2) is 4.88. The number of rotatable bonds is 3. The van der Waals surface area contributed by atoms with E-state index in [-0.39, 0.29) is 12.1 Å². The summed E-state index contributed by atoms with van der Waals surface area (Å²) < 4.78 is 0. The van der Waals surface area contributed by atoms with Crippen LogP contribution in [0, 0.1) is 0 Å². The lowest BCUT2D eigenvalue weighted by molar-refractivity contribution is 0.143. The number of nitrogens with one attached hydrogen (secondary N) is 1. The van der Waals surface area contributed by atoms with Crippen molar-refractivity contribution in [2.24, 2.45) is 0 Å². The summed E-state index contributed by atoms with van der Waals surface area (Å²) in [7, 11) is 0. The minimum Gasteiger partial charge on any atom is -0.391 e. The highest BCUT2D eigenvalue weighted by molar-refractivity contribution is 5.60. The van der Waals surface area contributed by atoms with Gasteiger partial charge in [-0.25, -0.2) is 0 Å². The van der Waals surface area contributed by atoms with Gasteiger partial charge in [-0.05, 0) is 24.0 Å². The standard InChI is InChI=1S/C14H21NO/c1-3-6-12-13(16)9-11-8-5-7-10(4-2)14(11)15-12/h5,7-8,12-13,15-16H,3-4,6,9H2,1-2H3. The van der Waals surface area contributed by atoms with Crippen LogP contribution in [0.25, 0.3) is 0 Å². The fourth-order valence-electron chi connectivity index (χ4n) is 2.53. The molecule has 88 valence electrons. The monoisotopic (exact) mass is 219 g/mol. The van der Waals surface area contributed by atoms with Crippen molar-refractivity contribution < 1.29 is 5.11 Å². The normalized spacial score (nSPS) is 23.7. The van der Waals surface area contributed by atoms with Gasteiger partial charge in [-0.1, -0.05) is 38.5 Å². The largest absolute Gasteiger partial charge is 0.391 e. The van der Waals surface area contributed by atoms with E-state index in [9.17, 15) is 5.11 Å². The molecule has 1 aromatic carbocycles. The Morgan fingerprint density at radius 3 is 2.88 bits per heavy atom. The molecule has 1 heterocycles. The number of fused-ring (bicyclic) bond motifs is 1. The van der Waals surface area contributed by atoms with Crippen LogP contribution < -0.4 is 5.32 Å². The quantitative estimate of drug-likeness (QED) is 0.819. The summed E-state index contributed by atoms with van der Waals surface area (Å²) in [5.41, 5.74) is 3.90. The fraction of sp³-hybridized carbons (Fsp3) is 0.571. The van der Waals surface area contributed by atoms with Crippen LogP contribution in [0.5, 0.6) is 0 Å². The Morgan fingerprint density at radius 2 is 2.19 bits per heavy atom. The average Bonchev–Trinajstić information content (AvgIpc) is 2.29. The van der Waals surface area contributed by atoms with Crippen molar-refractivity contribution in [1.29, 1.82) is 0 Å². The van der Waals surface area contributed by atoms with Crippen molar-refractivity contribution in [2.75, 3.05) is 5.32 Å². The smallest absolute Gasteiger partial charge is 0.0782 e. The zero-order valence-electron chi connectivity index (χ0n) is 10.2. The van der Waals surface area contributed by atoms with E-state index in [1.165, 1.54) is 16.8 Å². The maximum absolute atomic E-state index is 10.0. The van der Waals surface area contributed by atoms with Crippen molar-refractivity contribution in [2.45, 2.75) is 51.7 Å². The summed E-state index contributed by atoms with van der Waals surface area (Å²) in [5, 5.41) is 13.6. The molecule has 2 heteroatoms. The van der Waals surface area contributed by atoms with Crippen LogP contribution in [0.3, 0.4) is 0 Å². The molecule has 1 aliphatic heterocycles. The van der Waals surface area contributed by atoms with Gasteiger partial charge in [-0.15, -0.1) is 0 Å². The molecule has 2 atom stereocenters. The molecule has 1 aromatic rings. The highest BCUT2D eigenvalue weighted by Crippen LogP contribution is 2.30. The van der Waals surface area contributed by atoms with Crippen LogP contribution in [0.4, 0.5) is 5.69 Å². The highest BCUT2D eigenvalue weighted by atomic mass is 16.3. The van der Waals surface area contributed by atoms with E-state index in [4.69, 9.17) is 0 Å². The van der Waals surface area contributed by atoms with Crippen molar-refractivity contribution in [1.82, 2.24) is 0 Å². The summed E-state index contributed by atoms with van der Waals surface area (Å²) in [5.74, 6) is 0. The molecule has 2 nitrogen and oxygen atoms in total. The average molecular weight is 219 g/mol. The molecule has 0 bridgehead atoms. The predicted molar refractivity (Wildman–Crippen MR) is 67.8 cm³/mol. The minimum atomic E-state index is -0.237. The van der Waals surface area contributed by atoms with Crippen molar-refractivity contribution in [3.05, 3.63) is 29.3 Å². The van der Waals surface area contributed by atoms with E-state index in [1.54, 1.807) is 0 Å². The van der Waals surface area contributed by atoms with Crippen LogP contribution in [0.1, 0.15) is 37.8 Å². The van der Waals surface area contributed by atoms with E-state index in [2.05, 4.69) is 37.4 Å². The molecule has 0 aromatic heterocycles. The van der Waals surface area contributed by atoms with E-state index in [0.717, 1.165) is 25.7 Å². The van der Waals surface area contributed by atoms with Crippen LogP contribution in [0.2, 0.25) is 0 Å². The first-order valence-corrected chi connectivity index (χ1v) is 6.31. The number of para-hydroxylation sites is 1. The molecule has 0 saturated heterocycles. The number of aryl methyl sites for hydroxylation is 1. The third kappa shape index (κ3) is 2.07. The molecule has 16 heavy (non-hydrogen) atoms. The van der Waals surface area contributed by atoms with Gasteiger partial charge in [0.1, 0.15) is 0 Å². The van der Waals surface area contributed by atoms with Gasteiger partial charge in [0.25, 0.3) is 0 Å². The van der Waals surface area contributed by atoms with E-state index in [1.807, 2.05) is 0 Å². The molecule has 0 fully saturated rings. The lowest BCUT2D eigenvalue weighted by Gasteiger charge is -2.33. The molecule has 2 N–H and O–H groups in total. The van der Waals surface area contributed by atoms with Crippen LogP contribution in [-0.4, -0.2) is 17.3 Å². The number of benzene rings is 1. The number of aliphatic hydroxyl groups is 1. The van der Waals surface area contributed by atoms with E-state index < -0.39 is 0 Å². The molecule has 0 aliphatic carbocycles. The number of hydrogen-bond acceptors (Lipinski definition) is 2. The zero-order valence-corrected chi connectivity index (χ0v) is 10.2. The third-order valence-corrected chi connectivity index (χ3v) is 3.44. The van der Waals surface area contributed by atoms with Gasteiger partial charge in [-0.3, -0.25) is 0 Å². The first-order valence-electron chi connectivity index (χ1n) is 6.31. The highest BCUT2D eigenvalue weighted by Gasteiger charge is 2.26. The molecule has 0 saturated carbocycles. The number of aliphatic hydroxyl groups excluding tert-OH is 1. The number of anilines is 1. The molecular formula is C14H21NO. The summed E-state index contributed by atoms with van der Waals surface area (Å²) in [6, 6.07) is 6.61. The van der Waals surface area contributed by atoms with Crippen LogP contribution in [0.15, 0.2) is 18.2 Å². The second-order valence-electron chi connectivity index (χ2n) is 4.62. The first-order chi connectivity index (χ1) is 7.76. The van der Waals surface area contributed by atoms with Gasteiger partial charge >= 0.3 is 0 Å². The van der Waals surface area contributed by atoms with E-state index >= 15 is 0 Å². The predicted octanol–water partition coefficient (Wildman–Crippen LogP) is 2.75. The van der Waals surface area contributed by atoms with Crippen molar-refractivity contribution >= 4 is 5.69 Å². The lowest BCUT2D eigenvalue weighted by atomic mass is 9.90. The van der Waals surface area contributed by atoms with Crippen molar-refractivity contribution in [3.63, 3.8) is 0 Å². The van der Waals surface area contributed by atoms with Crippen LogP contribution >= 0.6 is 0 Å². The Bertz CT molecular complexity index is 362. The maximum Gasteiger partial charge on any atom is 0.0782 e. The Hall–Kier alpha value is -1.02. The van der Waals surface area contributed by atoms with Gasteiger partial charge in [0.2, 0.25) is 0 Å². The molecule has 2 unspecified atom stereocenters. The van der Waals surface area contributed by atoms with Gasteiger partial charge in [0.15, 0.2) is 0 Å². The minimum absolute atomic E-state index is 0.227. The van der Waals surface area contributed by atoms with Gasteiger partial charge in [-0.2, -0.15) is 0 Å². The molecule has 0 amide bonds. The Labute approximate surface area is 97.7 Å². The second-order valence-corrected chi connectivity index (χ2v) is 4.62. The molecule has 0 spiro atoms. The van der Waals surface area contributed by atoms with Crippen molar-refractivity contribution in [3.8, 4) is 0 Å². The fourth-order valence-corrected chi connectivity index (χ4v) is 2.53. The number of hydrogen-bond donors (Lipinski definition) is 2. The van der Waals surface area contributed by atoms with E-state index in [0.29, 0.717) is 0 Å². The Balaban J connectivity index is 2.28. The summed E-state index contributed by atoms with van der Waals surface area (Å²) in [6.07, 6.45) is 3.75. The maximum atomic E-state index is 10.0. The third-order valence-electron chi connectivity index (χ3n) is 3.44.